The second-order valence-corrected chi connectivity index (χ2v) is 16.0. The van der Waals surface area contributed by atoms with Gasteiger partial charge in [0.05, 0.1) is 22.8 Å². The van der Waals surface area contributed by atoms with Gasteiger partial charge in [0.1, 0.15) is 12.4 Å². The highest BCUT2D eigenvalue weighted by atomic mass is 35.5. The monoisotopic (exact) mass is 710 g/mol. The number of fused-ring (bicyclic) bond motifs is 3. The highest BCUT2D eigenvalue weighted by Crippen LogP contribution is 2.40. The number of hydrogen-bond acceptors (Lipinski definition) is 10. The lowest BCUT2D eigenvalue weighted by atomic mass is 9.95. The summed E-state index contributed by atoms with van der Waals surface area (Å²) in [6.45, 7) is 11.6. The average molecular weight is 711 g/mol. The molecule has 2 aromatic carbocycles. The van der Waals surface area contributed by atoms with Gasteiger partial charge in [0.15, 0.2) is 5.82 Å². The maximum absolute atomic E-state index is 13.3. The zero-order chi connectivity index (χ0) is 35.3. The Hall–Kier alpha value is -4.22. The van der Waals surface area contributed by atoms with Crippen LogP contribution < -0.4 is 14.5 Å². The molecule has 11 nitrogen and oxygen atoms in total. The number of nitrogens with zero attached hydrogens (tertiary/aromatic N) is 8. The molecule has 0 radical (unpaired) electrons. The van der Waals surface area contributed by atoms with Crippen LogP contribution in [0.2, 0.25) is 5.02 Å². The molecule has 6 heterocycles. The quantitative estimate of drug-likeness (QED) is 0.194. The molecule has 12 heteroatoms. The lowest BCUT2D eigenvalue weighted by Crippen LogP contribution is -2.44. The van der Waals surface area contributed by atoms with Crippen LogP contribution in [-0.4, -0.2) is 93.8 Å². The number of benzene rings is 2. The van der Waals surface area contributed by atoms with E-state index in [0.29, 0.717) is 44.0 Å². The summed E-state index contributed by atoms with van der Waals surface area (Å²) >= 11 is 6.77. The number of amides is 1. The molecule has 268 valence electrons. The molecule has 51 heavy (non-hydrogen) atoms. The lowest BCUT2D eigenvalue weighted by Gasteiger charge is -2.35. The van der Waals surface area contributed by atoms with Crippen LogP contribution in [0.5, 0.6) is 6.01 Å². The molecule has 0 bridgehead atoms. The Balaban J connectivity index is 1.04. The van der Waals surface area contributed by atoms with Crippen molar-refractivity contribution in [1.82, 2.24) is 29.9 Å². The first-order chi connectivity index (χ1) is 24.6. The molecule has 1 amide bonds. The summed E-state index contributed by atoms with van der Waals surface area (Å²) in [5.74, 6) is 1.77. The third-order valence-corrected chi connectivity index (χ3v) is 11.6. The molecular formula is C39H47ClN8O3. The van der Waals surface area contributed by atoms with Gasteiger partial charge in [-0.3, -0.25) is 9.69 Å². The van der Waals surface area contributed by atoms with Gasteiger partial charge in [-0.25, -0.2) is 0 Å². The van der Waals surface area contributed by atoms with E-state index in [0.717, 1.165) is 83.9 Å². The van der Waals surface area contributed by atoms with Crippen molar-refractivity contribution in [2.75, 3.05) is 56.2 Å². The Bertz CT molecular complexity index is 1960. The molecule has 3 fully saturated rings. The number of anilines is 2. The highest BCUT2D eigenvalue weighted by molar-refractivity contribution is 6.36. The van der Waals surface area contributed by atoms with E-state index in [1.54, 1.807) is 6.08 Å². The van der Waals surface area contributed by atoms with E-state index >= 15 is 0 Å². The number of halogens is 1. The minimum absolute atomic E-state index is 0.0727. The SMILES string of the molecule is CN(c1nc(OCC23CCCN2CCC3)nc2c1CCN(c1cccc3cccc(Cl)c13)C2)C1CCN(C(=O)/C=C/c2nc(C(C)(C)C)no2)C1. The van der Waals surface area contributed by atoms with E-state index in [-0.39, 0.29) is 22.9 Å². The summed E-state index contributed by atoms with van der Waals surface area (Å²) in [5, 5.41) is 7.00. The molecule has 3 saturated heterocycles. The molecule has 8 rings (SSSR count). The van der Waals surface area contributed by atoms with Gasteiger partial charge >= 0.3 is 6.01 Å². The van der Waals surface area contributed by atoms with Crippen molar-refractivity contribution in [2.24, 2.45) is 0 Å². The summed E-state index contributed by atoms with van der Waals surface area (Å²) in [6.07, 6.45) is 9.49. The Labute approximate surface area is 304 Å². The lowest BCUT2D eigenvalue weighted by molar-refractivity contribution is -0.124. The zero-order valence-corrected chi connectivity index (χ0v) is 30.8. The number of hydrogen-bond donors (Lipinski definition) is 0. The predicted molar refractivity (Wildman–Crippen MR) is 199 cm³/mol. The minimum atomic E-state index is -0.230. The van der Waals surface area contributed by atoms with Gasteiger partial charge in [-0.1, -0.05) is 61.8 Å². The number of carbonyl (C=O) groups excluding carboxylic acids is 1. The van der Waals surface area contributed by atoms with Crippen molar-refractivity contribution >= 4 is 45.9 Å². The van der Waals surface area contributed by atoms with Crippen LogP contribution in [0, 0.1) is 0 Å². The van der Waals surface area contributed by atoms with Crippen LogP contribution in [0.4, 0.5) is 11.5 Å². The molecule has 0 saturated carbocycles. The summed E-state index contributed by atoms with van der Waals surface area (Å²) < 4.78 is 11.9. The van der Waals surface area contributed by atoms with Crippen LogP contribution in [0.3, 0.4) is 0 Å². The Morgan fingerprint density at radius 3 is 2.63 bits per heavy atom. The molecule has 4 aromatic rings. The summed E-state index contributed by atoms with van der Waals surface area (Å²) in [5.41, 5.74) is 3.09. The van der Waals surface area contributed by atoms with Gasteiger partial charge in [0.2, 0.25) is 5.91 Å². The van der Waals surface area contributed by atoms with Gasteiger partial charge in [-0.2, -0.15) is 15.0 Å². The van der Waals surface area contributed by atoms with Crippen LogP contribution in [0.1, 0.15) is 75.8 Å². The molecule has 0 spiro atoms. The van der Waals surface area contributed by atoms with E-state index in [9.17, 15) is 4.79 Å². The molecule has 2 aromatic heterocycles. The average Bonchev–Trinajstić information content (AvgIpc) is 3.93. The van der Waals surface area contributed by atoms with Crippen molar-refractivity contribution < 1.29 is 14.1 Å². The summed E-state index contributed by atoms with van der Waals surface area (Å²) in [7, 11) is 2.10. The first-order valence-electron chi connectivity index (χ1n) is 18.3. The van der Waals surface area contributed by atoms with E-state index < -0.39 is 0 Å². The van der Waals surface area contributed by atoms with Crippen molar-refractivity contribution in [3.63, 3.8) is 0 Å². The van der Waals surface area contributed by atoms with E-state index in [1.165, 1.54) is 18.9 Å². The normalized spacial score (nSPS) is 20.4. The topological polar surface area (TPSA) is 104 Å². The smallest absolute Gasteiger partial charge is 0.318 e. The van der Waals surface area contributed by atoms with Gasteiger partial charge in [0.25, 0.3) is 5.89 Å². The third-order valence-electron chi connectivity index (χ3n) is 11.3. The maximum Gasteiger partial charge on any atom is 0.318 e. The second-order valence-electron chi connectivity index (χ2n) is 15.6. The highest BCUT2D eigenvalue weighted by Gasteiger charge is 2.45. The van der Waals surface area contributed by atoms with Gasteiger partial charge in [0, 0.05) is 66.9 Å². The largest absolute Gasteiger partial charge is 0.461 e. The van der Waals surface area contributed by atoms with E-state index in [1.807, 2.05) is 37.8 Å². The van der Waals surface area contributed by atoms with Crippen LogP contribution in [-0.2, 0) is 23.2 Å². The van der Waals surface area contributed by atoms with Gasteiger partial charge in [-0.05, 0) is 69.1 Å². The number of carbonyl (C=O) groups is 1. The minimum Gasteiger partial charge on any atom is -0.461 e. The van der Waals surface area contributed by atoms with Crippen LogP contribution in [0.15, 0.2) is 47.0 Å². The Morgan fingerprint density at radius 1 is 1.08 bits per heavy atom. The number of likely N-dealkylation sites (tertiary alicyclic amines) is 1. The summed E-state index contributed by atoms with van der Waals surface area (Å²) in [4.78, 5) is 37.0. The van der Waals surface area contributed by atoms with Crippen molar-refractivity contribution in [1.29, 1.82) is 0 Å². The number of aromatic nitrogens is 4. The fourth-order valence-corrected chi connectivity index (χ4v) is 8.72. The molecule has 4 aliphatic heterocycles. The van der Waals surface area contributed by atoms with Crippen molar-refractivity contribution in [2.45, 2.75) is 82.8 Å². The standard InChI is InChI=1S/C39H47ClN8O3/c1-38(2,3)36-42-32(51-44-36)13-14-33(49)47-21-15-27(23-47)45(4)35-28-16-22-46(31-12-6-10-26-9-5-11-29(40)34(26)31)24-30(28)41-37(43-35)50-25-39-17-7-19-48(39)20-8-18-39/h5-6,9-14,27H,7-8,15-25H2,1-4H3/b14-13+. The zero-order valence-electron chi connectivity index (χ0n) is 30.1. The fourth-order valence-electron chi connectivity index (χ4n) is 8.44. The number of ether oxygens (including phenoxy) is 1. The molecule has 4 aliphatic rings. The molecular weight excluding hydrogens is 664 g/mol. The third kappa shape index (κ3) is 6.55. The predicted octanol–water partition coefficient (Wildman–Crippen LogP) is 6.28. The van der Waals surface area contributed by atoms with Crippen molar-refractivity contribution in [3.05, 3.63) is 70.5 Å². The molecule has 1 atom stereocenters. The van der Waals surface area contributed by atoms with Gasteiger partial charge in [-0.15, -0.1) is 0 Å². The first-order valence-corrected chi connectivity index (χ1v) is 18.7. The fraction of sp³-hybridized carbons (Fsp3) is 0.513. The Morgan fingerprint density at radius 2 is 1.86 bits per heavy atom. The van der Waals surface area contributed by atoms with Crippen LogP contribution >= 0.6 is 11.6 Å². The van der Waals surface area contributed by atoms with Crippen LogP contribution in [0.25, 0.3) is 16.8 Å². The van der Waals surface area contributed by atoms with Crippen molar-refractivity contribution in [3.8, 4) is 6.01 Å². The second kappa shape index (κ2) is 13.4. The summed E-state index contributed by atoms with van der Waals surface area (Å²) in [6, 6.07) is 13.0. The van der Waals surface area contributed by atoms with E-state index in [4.69, 9.17) is 30.8 Å². The molecule has 0 N–H and O–H groups in total. The Kier molecular flexibility index (Phi) is 8.90. The number of rotatable bonds is 8. The first kappa shape index (κ1) is 33.9. The van der Waals surface area contributed by atoms with E-state index in [2.05, 4.69) is 56.2 Å². The molecule has 0 aliphatic carbocycles. The maximum atomic E-state index is 13.3. The molecule has 1 unspecified atom stereocenters. The number of likely N-dealkylation sites (N-methyl/N-ethyl adjacent to an activating group) is 1. The van der Waals surface area contributed by atoms with Gasteiger partial charge < -0.3 is 24.0 Å².